The average Bonchev–Trinajstić information content (AvgIpc) is 3.65. The van der Waals surface area contributed by atoms with E-state index in [2.05, 4.69) is 154 Å². The van der Waals surface area contributed by atoms with Crippen molar-refractivity contribution in [1.29, 1.82) is 0 Å². The fraction of sp³-hybridized carbons (Fsp3) is 0.333. The minimum absolute atomic E-state index is 0.221. The maximum Gasteiger partial charge on any atom is 0.211 e. The van der Waals surface area contributed by atoms with Crippen molar-refractivity contribution in [2.75, 3.05) is 36.6 Å². The van der Waals surface area contributed by atoms with Crippen molar-refractivity contribution in [2.24, 2.45) is 4.99 Å². The minimum atomic E-state index is -1.32. The number of rotatable bonds is 15. The highest BCUT2D eigenvalue weighted by Crippen LogP contribution is 2.51. The Kier molecular flexibility index (Phi) is 12.2. The summed E-state index contributed by atoms with van der Waals surface area (Å²) >= 11 is 3.23. The van der Waals surface area contributed by atoms with Crippen LogP contribution in [0.2, 0.25) is 0 Å². The first-order valence-corrected chi connectivity index (χ1v) is 20.4. The lowest BCUT2D eigenvalue weighted by atomic mass is 9.77. The van der Waals surface area contributed by atoms with Crippen molar-refractivity contribution >= 4 is 63.1 Å². The molecule has 1 unspecified atom stereocenters. The Hall–Kier alpha value is -4.24. The molecule has 1 amide bonds. The van der Waals surface area contributed by atoms with Gasteiger partial charge in [-0.2, -0.15) is 12.6 Å². The van der Waals surface area contributed by atoms with Crippen LogP contribution in [0.4, 0.5) is 5.69 Å². The van der Waals surface area contributed by atoms with Crippen LogP contribution in [-0.4, -0.2) is 48.0 Å². The number of aliphatic imine (C=N–C) groups is 1. The summed E-state index contributed by atoms with van der Waals surface area (Å²) in [6.45, 7) is 10.5. The number of nitrogens with zero attached hydrogens (tertiary/aromatic N) is 2. The van der Waals surface area contributed by atoms with Crippen LogP contribution in [0.3, 0.4) is 0 Å². The van der Waals surface area contributed by atoms with Crippen LogP contribution in [0.25, 0.3) is 21.5 Å². The molecule has 0 radical (unpaired) electrons. The topological polar surface area (TPSA) is 71.0 Å². The first-order valence-electron chi connectivity index (χ1n) is 18.5. The number of benzene rings is 4. The van der Waals surface area contributed by atoms with E-state index >= 15 is 0 Å². The van der Waals surface area contributed by atoms with Gasteiger partial charge in [0.2, 0.25) is 6.41 Å². The molecule has 0 bridgehead atoms. The maximum absolute atomic E-state index is 12.0. The highest BCUT2D eigenvalue weighted by molar-refractivity contribution is 7.80. The molecule has 0 saturated heterocycles. The van der Waals surface area contributed by atoms with Gasteiger partial charge in [-0.1, -0.05) is 113 Å². The molecule has 1 heterocycles. The Morgan fingerprint density at radius 3 is 2.42 bits per heavy atom. The number of hydrogen-bond acceptors (Lipinski definition) is 6. The number of allylic oxidation sites excluding steroid dienone is 7. The third-order valence-corrected chi connectivity index (χ3v) is 12.0. The third kappa shape index (κ3) is 8.01. The quantitative estimate of drug-likeness (QED) is 0.0551. The maximum atomic E-state index is 12.0. The van der Waals surface area contributed by atoms with E-state index in [-0.39, 0.29) is 5.41 Å². The zero-order chi connectivity index (χ0) is 37.6. The smallest absolute Gasteiger partial charge is 0.211 e. The number of anilines is 1. The number of hydrogen-bond donors (Lipinski definition) is 2. The normalized spacial score (nSPS) is 18.2. The van der Waals surface area contributed by atoms with Crippen LogP contribution < -0.4 is 10.2 Å². The van der Waals surface area contributed by atoms with E-state index in [1.165, 1.54) is 51.2 Å². The van der Waals surface area contributed by atoms with Crippen LogP contribution in [0.5, 0.6) is 0 Å². The van der Waals surface area contributed by atoms with Gasteiger partial charge in [-0.05, 0) is 93.5 Å². The van der Waals surface area contributed by atoms with Gasteiger partial charge in [0.05, 0.1) is 12.9 Å². The molecule has 53 heavy (non-hydrogen) atoms. The number of amides is 1. The highest BCUT2D eigenvalue weighted by atomic mass is 32.2. The fourth-order valence-corrected chi connectivity index (χ4v) is 8.67. The summed E-state index contributed by atoms with van der Waals surface area (Å²) in [7, 11) is 1.46. The molecule has 0 saturated carbocycles. The Labute approximate surface area is 322 Å². The van der Waals surface area contributed by atoms with Crippen molar-refractivity contribution in [3.63, 3.8) is 0 Å². The van der Waals surface area contributed by atoms with E-state index < -0.39 is 16.5 Å². The van der Waals surface area contributed by atoms with E-state index in [4.69, 9.17) is 9.18 Å². The van der Waals surface area contributed by atoms with Crippen LogP contribution in [0.1, 0.15) is 64.5 Å². The summed E-state index contributed by atoms with van der Waals surface area (Å²) in [4.78, 5) is 19.6. The molecule has 4 aromatic rings. The Balaban J connectivity index is 1.37. The van der Waals surface area contributed by atoms with E-state index in [0.29, 0.717) is 18.7 Å². The van der Waals surface area contributed by atoms with Crippen LogP contribution in [0.15, 0.2) is 131 Å². The monoisotopic (exact) mass is 745 g/mol. The van der Waals surface area contributed by atoms with E-state index in [9.17, 15) is 9.00 Å². The van der Waals surface area contributed by atoms with Crippen LogP contribution in [-0.2, 0) is 30.9 Å². The standard InChI is InChI=1S/C45H51N3O3S2/c1-44(2,38-18-10-15-32-13-6-8-16-36(32)38)40(46-27-11-30-53(50)51-5)25-22-34-19-20-35(43(34)47-31-49)23-26-41-45(3,4)42-37-17-9-7-14-33(37)21-24-39(42)48(41)28-12-29-52/h6-10,13-18,21-26,31,52H,11-12,19-20,27-30H2,1-5H3,(H,47,49)/b25-22+,35-23+,41-26+,46-40+. The van der Waals surface area contributed by atoms with Crippen molar-refractivity contribution in [2.45, 2.75) is 64.2 Å². The van der Waals surface area contributed by atoms with E-state index in [1.807, 2.05) is 0 Å². The Morgan fingerprint density at radius 2 is 1.68 bits per heavy atom. The van der Waals surface area contributed by atoms with Gasteiger partial charge in [-0.15, -0.1) is 0 Å². The van der Waals surface area contributed by atoms with Crippen molar-refractivity contribution in [3.8, 4) is 0 Å². The van der Waals surface area contributed by atoms with Gasteiger partial charge in [-0.3, -0.25) is 14.0 Å². The van der Waals surface area contributed by atoms with Crippen molar-refractivity contribution in [3.05, 3.63) is 137 Å². The van der Waals surface area contributed by atoms with E-state index in [1.54, 1.807) is 0 Å². The Morgan fingerprint density at radius 1 is 0.962 bits per heavy atom. The lowest BCUT2D eigenvalue weighted by Crippen LogP contribution is -2.28. The molecule has 1 aliphatic carbocycles. The van der Waals surface area contributed by atoms with Crippen molar-refractivity contribution in [1.82, 2.24) is 5.32 Å². The number of carbonyl (C=O) groups excluding carboxylic acids is 1. The van der Waals surface area contributed by atoms with Gasteiger partial charge < -0.3 is 10.2 Å². The first kappa shape index (κ1) is 38.5. The SMILES string of the molecule is COS(=O)CCC/N=C(\C=C\C1=C(NC=O)C(=C/C=C2/N(CCCS)c3ccc4ccccc4c3C2(C)C)/CC1)C(C)(C)c1cccc2ccccc12. The summed E-state index contributed by atoms with van der Waals surface area (Å²) < 4.78 is 16.9. The lowest BCUT2D eigenvalue weighted by Gasteiger charge is -2.28. The molecular weight excluding hydrogens is 695 g/mol. The predicted molar refractivity (Wildman–Crippen MR) is 227 cm³/mol. The number of nitrogens with one attached hydrogen (secondary N) is 1. The number of fused-ring (bicyclic) bond motifs is 4. The molecule has 8 heteroatoms. The van der Waals surface area contributed by atoms with Gasteiger partial charge >= 0.3 is 0 Å². The molecule has 1 aliphatic heterocycles. The summed E-state index contributed by atoms with van der Waals surface area (Å²) in [5.74, 6) is 1.24. The zero-order valence-electron chi connectivity index (χ0n) is 31.5. The van der Waals surface area contributed by atoms with Gasteiger partial charge in [0, 0.05) is 46.7 Å². The molecule has 0 spiro atoms. The van der Waals surface area contributed by atoms with Crippen molar-refractivity contribution < 1.29 is 13.2 Å². The average molecular weight is 746 g/mol. The predicted octanol–water partition coefficient (Wildman–Crippen LogP) is 9.69. The molecule has 6 rings (SSSR count). The molecule has 1 N–H and O–H groups in total. The molecular formula is C45H51N3O3S2. The summed E-state index contributed by atoms with van der Waals surface area (Å²) in [5, 5.41) is 7.96. The molecule has 6 nitrogen and oxygen atoms in total. The summed E-state index contributed by atoms with van der Waals surface area (Å²) in [6.07, 6.45) is 12.7. The number of carbonyl (C=O) groups is 1. The third-order valence-electron chi connectivity index (χ3n) is 10.7. The highest BCUT2D eigenvalue weighted by Gasteiger charge is 2.41. The van der Waals surface area contributed by atoms with Gasteiger partial charge in [-0.25, -0.2) is 4.21 Å². The van der Waals surface area contributed by atoms with Gasteiger partial charge in [0.15, 0.2) is 11.1 Å². The molecule has 2 aliphatic rings. The van der Waals surface area contributed by atoms with Gasteiger partial charge in [0.1, 0.15) is 0 Å². The molecule has 276 valence electrons. The second kappa shape index (κ2) is 16.8. The number of thiol groups is 1. The minimum Gasteiger partial charge on any atom is -0.344 e. The van der Waals surface area contributed by atoms with Gasteiger partial charge in [0.25, 0.3) is 0 Å². The largest absolute Gasteiger partial charge is 0.344 e. The first-order chi connectivity index (χ1) is 25.6. The van der Waals surface area contributed by atoms with Crippen LogP contribution >= 0.6 is 12.6 Å². The fourth-order valence-electron chi connectivity index (χ4n) is 8.00. The van der Waals surface area contributed by atoms with E-state index in [0.717, 1.165) is 60.5 Å². The van der Waals surface area contributed by atoms with Crippen LogP contribution in [0, 0.1) is 0 Å². The molecule has 0 fully saturated rings. The summed E-state index contributed by atoms with van der Waals surface area (Å²) in [5.41, 5.74) is 8.33. The lowest BCUT2D eigenvalue weighted by molar-refractivity contribution is -0.108. The summed E-state index contributed by atoms with van der Waals surface area (Å²) in [6, 6.07) is 28.0. The molecule has 4 aromatic carbocycles. The second-order valence-electron chi connectivity index (χ2n) is 14.7. The molecule has 1 atom stereocenters. The Bertz CT molecular complexity index is 2170. The zero-order valence-corrected chi connectivity index (χ0v) is 33.2. The molecule has 0 aromatic heterocycles. The second-order valence-corrected chi connectivity index (χ2v) is 16.5.